The van der Waals surface area contributed by atoms with Gasteiger partial charge in [-0.3, -0.25) is 9.59 Å². The molecule has 1 N–H and O–H groups in total. The number of carboxylic acid groups (broad SMARTS) is 1. The van der Waals surface area contributed by atoms with E-state index in [2.05, 4.69) is 15.9 Å². The van der Waals surface area contributed by atoms with Crippen LogP contribution in [0.4, 0.5) is 0 Å². The highest BCUT2D eigenvalue weighted by molar-refractivity contribution is 9.10. The van der Waals surface area contributed by atoms with Gasteiger partial charge in [-0.25, -0.2) is 0 Å². The van der Waals surface area contributed by atoms with Crippen molar-refractivity contribution in [1.82, 2.24) is 4.90 Å². The molecule has 1 heterocycles. The number of benzene rings is 1. The molecule has 4 nitrogen and oxygen atoms in total. The molecule has 0 aromatic heterocycles. The zero-order chi connectivity index (χ0) is 14.7. The quantitative estimate of drug-likeness (QED) is 0.915. The van der Waals surface area contributed by atoms with Gasteiger partial charge in [-0.05, 0) is 43.0 Å². The van der Waals surface area contributed by atoms with Crippen molar-refractivity contribution in [3.8, 4) is 0 Å². The number of aryl methyl sites for hydroxylation is 1. The molecule has 0 saturated carbocycles. The molecule has 1 aromatic carbocycles. The molecule has 1 unspecified atom stereocenters. The van der Waals surface area contributed by atoms with Crippen LogP contribution < -0.4 is 0 Å². The lowest BCUT2D eigenvalue weighted by Crippen LogP contribution is -2.31. The number of likely N-dealkylation sites (tertiary alicyclic amines) is 1. The van der Waals surface area contributed by atoms with Crippen molar-refractivity contribution < 1.29 is 14.7 Å². The average Bonchev–Trinajstić information content (AvgIpc) is 2.85. The van der Waals surface area contributed by atoms with Crippen molar-refractivity contribution in [3.05, 3.63) is 33.8 Å². The second-order valence-electron chi connectivity index (χ2n) is 5.14. The Morgan fingerprint density at radius 1 is 1.40 bits per heavy atom. The summed E-state index contributed by atoms with van der Waals surface area (Å²) in [5.41, 5.74) is 2.32. The third-order valence-corrected chi connectivity index (χ3v) is 4.21. The molecule has 1 amide bonds. The van der Waals surface area contributed by atoms with E-state index in [9.17, 15) is 9.59 Å². The maximum atomic E-state index is 12.2. The summed E-state index contributed by atoms with van der Waals surface area (Å²) in [6.45, 7) is 2.76. The van der Waals surface area contributed by atoms with E-state index in [-0.39, 0.29) is 24.8 Å². The first-order valence-corrected chi connectivity index (χ1v) is 7.55. The van der Waals surface area contributed by atoms with Crippen molar-refractivity contribution in [2.24, 2.45) is 0 Å². The van der Waals surface area contributed by atoms with Gasteiger partial charge >= 0.3 is 5.97 Å². The van der Waals surface area contributed by atoms with Gasteiger partial charge in [0.1, 0.15) is 0 Å². The maximum absolute atomic E-state index is 12.2. The summed E-state index contributed by atoms with van der Waals surface area (Å²) in [5.74, 6) is -0.980. The van der Waals surface area contributed by atoms with E-state index in [1.54, 1.807) is 0 Å². The normalized spacial score (nSPS) is 18.3. The summed E-state index contributed by atoms with van der Waals surface area (Å²) in [6, 6.07) is 6.17. The van der Waals surface area contributed by atoms with Gasteiger partial charge < -0.3 is 10.0 Å². The van der Waals surface area contributed by atoms with E-state index >= 15 is 0 Å². The lowest BCUT2D eigenvalue weighted by atomic mass is 9.99. The Kier molecular flexibility index (Phi) is 4.81. The van der Waals surface area contributed by atoms with Crippen LogP contribution >= 0.6 is 15.9 Å². The Hall–Kier alpha value is -1.36. The van der Waals surface area contributed by atoms with Crippen LogP contribution in [0, 0.1) is 6.92 Å². The number of carbonyl (C=O) groups excluding carboxylic acids is 1. The minimum Gasteiger partial charge on any atom is -0.481 e. The van der Waals surface area contributed by atoms with E-state index in [4.69, 9.17) is 5.11 Å². The van der Waals surface area contributed by atoms with Crippen LogP contribution in [0.3, 0.4) is 0 Å². The van der Waals surface area contributed by atoms with Crippen LogP contribution in [0.15, 0.2) is 22.7 Å². The largest absolute Gasteiger partial charge is 0.481 e. The van der Waals surface area contributed by atoms with Gasteiger partial charge in [-0.15, -0.1) is 0 Å². The monoisotopic (exact) mass is 339 g/mol. The SMILES string of the molecule is Cc1cc(Br)ccc1C1CCCN1C(=O)CCC(=O)O. The van der Waals surface area contributed by atoms with Gasteiger partial charge in [0.05, 0.1) is 12.5 Å². The Labute approximate surface area is 126 Å². The first-order chi connectivity index (χ1) is 9.49. The summed E-state index contributed by atoms with van der Waals surface area (Å²) < 4.78 is 1.03. The summed E-state index contributed by atoms with van der Waals surface area (Å²) in [4.78, 5) is 24.6. The van der Waals surface area contributed by atoms with Crippen molar-refractivity contribution in [1.29, 1.82) is 0 Å². The molecule has 0 bridgehead atoms. The summed E-state index contributed by atoms with van der Waals surface area (Å²) in [6.07, 6.45) is 1.91. The fourth-order valence-electron chi connectivity index (χ4n) is 2.76. The number of carboxylic acids is 1. The Balaban J connectivity index is 2.14. The van der Waals surface area contributed by atoms with Gasteiger partial charge in [-0.1, -0.05) is 22.0 Å². The molecule has 0 aliphatic carbocycles. The molecule has 1 aliphatic rings. The minimum atomic E-state index is -0.922. The summed E-state index contributed by atoms with van der Waals surface area (Å²) >= 11 is 3.44. The molecular weight excluding hydrogens is 322 g/mol. The van der Waals surface area contributed by atoms with Crippen molar-refractivity contribution in [3.63, 3.8) is 0 Å². The van der Waals surface area contributed by atoms with Crippen molar-refractivity contribution in [2.75, 3.05) is 6.54 Å². The van der Waals surface area contributed by atoms with Crippen LogP contribution in [0.25, 0.3) is 0 Å². The Morgan fingerprint density at radius 2 is 2.15 bits per heavy atom. The van der Waals surface area contributed by atoms with Gasteiger partial charge in [0.2, 0.25) is 5.91 Å². The molecule has 1 atom stereocenters. The van der Waals surface area contributed by atoms with Crippen LogP contribution in [0.5, 0.6) is 0 Å². The van der Waals surface area contributed by atoms with Crippen molar-refractivity contribution in [2.45, 2.75) is 38.6 Å². The first kappa shape index (κ1) is 15.0. The second kappa shape index (κ2) is 6.39. The van der Waals surface area contributed by atoms with E-state index in [1.165, 1.54) is 0 Å². The Bertz CT molecular complexity index is 530. The third kappa shape index (κ3) is 3.39. The average molecular weight is 340 g/mol. The van der Waals surface area contributed by atoms with E-state index in [0.717, 1.165) is 35.0 Å². The van der Waals surface area contributed by atoms with E-state index in [1.807, 2.05) is 30.0 Å². The molecule has 2 rings (SSSR count). The number of carbonyl (C=O) groups is 2. The smallest absolute Gasteiger partial charge is 0.303 e. The van der Waals surface area contributed by atoms with Crippen LogP contribution in [0.2, 0.25) is 0 Å². The number of hydrogen-bond acceptors (Lipinski definition) is 2. The maximum Gasteiger partial charge on any atom is 0.303 e. The number of halogens is 1. The van der Waals surface area contributed by atoms with Gasteiger partial charge in [0, 0.05) is 17.4 Å². The Morgan fingerprint density at radius 3 is 2.80 bits per heavy atom. The number of rotatable bonds is 4. The highest BCUT2D eigenvalue weighted by atomic mass is 79.9. The zero-order valence-electron chi connectivity index (χ0n) is 11.4. The van der Waals surface area contributed by atoms with Crippen LogP contribution in [-0.2, 0) is 9.59 Å². The van der Waals surface area contributed by atoms with Gasteiger partial charge in [0.25, 0.3) is 0 Å². The number of hydrogen-bond donors (Lipinski definition) is 1. The van der Waals surface area contributed by atoms with Gasteiger partial charge in [0.15, 0.2) is 0 Å². The summed E-state index contributed by atoms with van der Waals surface area (Å²) in [5, 5.41) is 8.69. The van der Waals surface area contributed by atoms with Gasteiger partial charge in [-0.2, -0.15) is 0 Å². The second-order valence-corrected chi connectivity index (χ2v) is 6.06. The molecule has 0 radical (unpaired) electrons. The highest BCUT2D eigenvalue weighted by Gasteiger charge is 2.30. The third-order valence-electron chi connectivity index (χ3n) is 3.72. The topological polar surface area (TPSA) is 57.6 Å². The fourth-order valence-corrected chi connectivity index (χ4v) is 3.23. The molecule has 1 aliphatic heterocycles. The molecule has 108 valence electrons. The summed E-state index contributed by atoms with van der Waals surface area (Å²) in [7, 11) is 0. The lowest BCUT2D eigenvalue weighted by Gasteiger charge is -2.26. The highest BCUT2D eigenvalue weighted by Crippen LogP contribution is 2.35. The van der Waals surface area contributed by atoms with Crippen LogP contribution in [-0.4, -0.2) is 28.4 Å². The van der Waals surface area contributed by atoms with Crippen LogP contribution in [0.1, 0.15) is 42.9 Å². The van der Waals surface area contributed by atoms with E-state index in [0.29, 0.717) is 0 Å². The van der Waals surface area contributed by atoms with E-state index < -0.39 is 5.97 Å². The molecule has 5 heteroatoms. The molecule has 20 heavy (non-hydrogen) atoms. The predicted molar refractivity (Wildman–Crippen MR) is 79.4 cm³/mol. The molecule has 1 fully saturated rings. The zero-order valence-corrected chi connectivity index (χ0v) is 13.0. The molecule has 0 spiro atoms. The number of nitrogens with zero attached hydrogens (tertiary/aromatic N) is 1. The number of aliphatic carboxylic acids is 1. The fraction of sp³-hybridized carbons (Fsp3) is 0.467. The molecule has 1 saturated heterocycles. The van der Waals surface area contributed by atoms with Crippen molar-refractivity contribution >= 4 is 27.8 Å². The molecular formula is C15H18BrNO3. The minimum absolute atomic E-state index is 0.0581. The first-order valence-electron chi connectivity index (χ1n) is 6.76. The lowest BCUT2D eigenvalue weighted by molar-refractivity contribution is -0.141. The predicted octanol–water partition coefficient (Wildman–Crippen LogP) is 3.29. The standard InChI is InChI=1S/C15H18BrNO3/c1-10-9-11(16)4-5-12(10)13-3-2-8-17(13)14(18)6-7-15(19)20/h4-5,9,13H,2-3,6-8H2,1H3,(H,19,20). The molecule has 1 aromatic rings. The number of amides is 1.